The summed E-state index contributed by atoms with van der Waals surface area (Å²) in [7, 11) is 0. The van der Waals surface area contributed by atoms with Crippen molar-refractivity contribution in [3.8, 4) is 0 Å². The number of benzene rings is 4. The highest BCUT2D eigenvalue weighted by molar-refractivity contribution is 9.10. The summed E-state index contributed by atoms with van der Waals surface area (Å²) in [5, 5.41) is 15.7. The molecule has 0 saturated carbocycles. The molecule has 286 valence electrons. The molecule has 0 radical (unpaired) electrons. The molecule has 0 amide bonds. The molecule has 7 atom stereocenters. The molecule has 3 aliphatic heterocycles. The van der Waals surface area contributed by atoms with Gasteiger partial charge in [-0.05, 0) is 60.4 Å². The monoisotopic (exact) mass is 885 g/mol. The normalized spacial score (nSPS) is 27.5. The zero-order valence-corrected chi connectivity index (χ0v) is 33.5. The SMILES string of the molecule is N[C@@]1(c2cc(Br)ccc2F)CO[C@@H](COCc2ccccc2)C[C@H]1C(O)NC1=N[C@@]2(c3cc(Br)ccc3F)CO[C@@H](COCc3ccccc3)C[C@H]2CS1. The summed E-state index contributed by atoms with van der Waals surface area (Å²) in [5.74, 6) is -1.13. The Bertz CT molecular complexity index is 1920. The van der Waals surface area contributed by atoms with E-state index in [0.717, 1.165) is 15.6 Å². The Labute approximate surface area is 335 Å². The smallest absolute Gasteiger partial charge is 0.159 e. The van der Waals surface area contributed by atoms with Crippen molar-refractivity contribution in [1.29, 1.82) is 0 Å². The maximum Gasteiger partial charge on any atom is 0.159 e. The van der Waals surface area contributed by atoms with Gasteiger partial charge in [-0.25, -0.2) is 13.8 Å². The van der Waals surface area contributed by atoms with Crippen LogP contribution < -0.4 is 11.1 Å². The van der Waals surface area contributed by atoms with Crippen LogP contribution >= 0.6 is 43.6 Å². The number of amidine groups is 1. The number of hydrogen-bond donors (Lipinski definition) is 3. The first-order chi connectivity index (χ1) is 26.1. The Balaban J connectivity index is 1.12. The van der Waals surface area contributed by atoms with Crippen molar-refractivity contribution in [2.75, 3.05) is 32.2 Å². The standard InChI is InChI=1S/C41H43Br2F2N3O5S/c42-29-11-13-36(44)33(16-29)40(46)24-52-32(22-51-20-27-9-5-2-6-10-27)18-35(40)38(49)47-39-48-41(34-17-30(43)12-14-37(34)45)25-53-31(15-28(41)23-54-39)21-50-19-26-7-3-1-4-8-26/h1-14,16-17,28,31-32,35,38,49H,15,18-25,46H2,(H,47,48)/t28-,31+,32+,35-,38?,40+,41-/m0/s1. The highest BCUT2D eigenvalue weighted by Crippen LogP contribution is 2.48. The number of aliphatic hydroxyl groups excluding tert-OH is 1. The minimum absolute atomic E-state index is 0.0560. The third-order valence-electron chi connectivity index (χ3n) is 10.5. The second-order valence-electron chi connectivity index (χ2n) is 14.2. The summed E-state index contributed by atoms with van der Waals surface area (Å²) in [6.07, 6.45) is -1.01. The molecule has 54 heavy (non-hydrogen) atoms. The molecule has 13 heteroatoms. The predicted octanol–water partition coefficient (Wildman–Crippen LogP) is 7.79. The van der Waals surface area contributed by atoms with Crippen LogP contribution in [0.2, 0.25) is 0 Å². The largest absolute Gasteiger partial charge is 0.374 e. The Morgan fingerprint density at radius 3 is 2.00 bits per heavy atom. The van der Waals surface area contributed by atoms with Crippen LogP contribution in [-0.2, 0) is 43.2 Å². The van der Waals surface area contributed by atoms with Gasteiger partial charge in [0.05, 0.1) is 57.4 Å². The van der Waals surface area contributed by atoms with E-state index >= 15 is 8.78 Å². The van der Waals surface area contributed by atoms with Crippen LogP contribution in [0, 0.1) is 23.5 Å². The molecule has 8 nitrogen and oxygen atoms in total. The van der Waals surface area contributed by atoms with E-state index in [1.54, 1.807) is 24.3 Å². The molecular formula is C41H43Br2F2N3O5S. The van der Waals surface area contributed by atoms with Gasteiger partial charge in [0.25, 0.3) is 0 Å². The topological polar surface area (TPSA) is 108 Å². The molecule has 0 spiro atoms. The summed E-state index contributed by atoms with van der Waals surface area (Å²) >= 11 is 8.43. The molecule has 1 unspecified atom stereocenters. The van der Waals surface area contributed by atoms with Crippen molar-refractivity contribution < 1.29 is 32.8 Å². The van der Waals surface area contributed by atoms with Gasteiger partial charge in [0.1, 0.15) is 23.4 Å². The van der Waals surface area contributed by atoms with E-state index in [1.807, 2.05) is 60.7 Å². The number of thioether (sulfide) groups is 1. The second-order valence-corrected chi connectivity index (χ2v) is 17.0. The first-order valence-corrected chi connectivity index (χ1v) is 20.5. The summed E-state index contributed by atoms with van der Waals surface area (Å²) in [4.78, 5) is 5.16. The zero-order chi connectivity index (χ0) is 37.7. The molecule has 3 heterocycles. The van der Waals surface area contributed by atoms with Crippen molar-refractivity contribution >= 4 is 48.8 Å². The van der Waals surface area contributed by atoms with Crippen molar-refractivity contribution in [3.05, 3.63) is 140 Å². The molecule has 2 fully saturated rings. The molecule has 7 rings (SSSR count). The van der Waals surface area contributed by atoms with Crippen molar-refractivity contribution in [2.24, 2.45) is 22.6 Å². The summed E-state index contributed by atoms with van der Waals surface area (Å²) < 4.78 is 57.3. The minimum Gasteiger partial charge on any atom is -0.374 e. The average Bonchev–Trinajstić information content (AvgIpc) is 3.18. The van der Waals surface area contributed by atoms with Crippen LogP contribution in [0.25, 0.3) is 0 Å². The van der Waals surface area contributed by atoms with E-state index in [0.29, 0.717) is 47.2 Å². The van der Waals surface area contributed by atoms with Gasteiger partial charge in [-0.15, -0.1) is 0 Å². The molecule has 0 bridgehead atoms. The average molecular weight is 888 g/mol. The zero-order valence-electron chi connectivity index (χ0n) is 29.5. The fourth-order valence-electron chi connectivity index (χ4n) is 7.62. The highest BCUT2D eigenvalue weighted by Gasteiger charge is 2.51. The van der Waals surface area contributed by atoms with Crippen LogP contribution in [0.5, 0.6) is 0 Å². The van der Waals surface area contributed by atoms with Crippen LogP contribution in [0.3, 0.4) is 0 Å². The van der Waals surface area contributed by atoms with Gasteiger partial charge >= 0.3 is 0 Å². The van der Waals surface area contributed by atoms with Crippen LogP contribution in [0.4, 0.5) is 8.78 Å². The van der Waals surface area contributed by atoms with Gasteiger partial charge < -0.3 is 35.1 Å². The van der Waals surface area contributed by atoms with Crippen LogP contribution in [0.15, 0.2) is 111 Å². The molecule has 4 aromatic carbocycles. The Kier molecular flexibility index (Phi) is 12.9. The number of aliphatic hydroxyl groups is 1. The quantitative estimate of drug-likeness (QED) is 0.124. The summed E-state index contributed by atoms with van der Waals surface area (Å²) in [6.45, 7) is 1.57. The van der Waals surface area contributed by atoms with E-state index in [1.165, 1.54) is 23.9 Å². The number of ether oxygens (including phenoxy) is 4. The number of rotatable bonds is 12. The van der Waals surface area contributed by atoms with Crippen LogP contribution in [0.1, 0.15) is 35.1 Å². The molecular weight excluding hydrogens is 844 g/mol. The lowest BCUT2D eigenvalue weighted by Crippen LogP contribution is -2.61. The third kappa shape index (κ3) is 8.95. The van der Waals surface area contributed by atoms with Gasteiger partial charge in [-0.2, -0.15) is 0 Å². The third-order valence-corrected chi connectivity index (χ3v) is 12.6. The molecule has 4 N–H and O–H groups in total. The fourth-order valence-corrected chi connectivity index (χ4v) is 9.54. The fraction of sp³-hybridized carbons (Fsp3) is 0.390. The summed E-state index contributed by atoms with van der Waals surface area (Å²) in [5.41, 5.74) is 7.32. The summed E-state index contributed by atoms with van der Waals surface area (Å²) in [6, 6.07) is 29.2. The molecule has 3 aliphatic rings. The lowest BCUT2D eigenvalue weighted by atomic mass is 9.73. The lowest BCUT2D eigenvalue weighted by Gasteiger charge is -2.48. The number of fused-ring (bicyclic) bond motifs is 1. The van der Waals surface area contributed by atoms with E-state index in [-0.39, 0.29) is 43.8 Å². The number of nitrogens with one attached hydrogen (secondary N) is 1. The number of nitrogens with two attached hydrogens (primary N) is 1. The number of aliphatic imine (C=N–C) groups is 1. The lowest BCUT2D eigenvalue weighted by molar-refractivity contribution is -0.124. The van der Waals surface area contributed by atoms with Gasteiger partial charge in [-0.1, -0.05) is 104 Å². The van der Waals surface area contributed by atoms with Gasteiger partial charge in [0.2, 0.25) is 0 Å². The number of nitrogens with zero attached hydrogens (tertiary/aromatic N) is 1. The predicted molar refractivity (Wildman–Crippen MR) is 213 cm³/mol. The van der Waals surface area contributed by atoms with E-state index < -0.39 is 41.0 Å². The van der Waals surface area contributed by atoms with E-state index in [9.17, 15) is 5.11 Å². The van der Waals surface area contributed by atoms with Gasteiger partial charge in [-0.3, -0.25) is 0 Å². The second kappa shape index (κ2) is 17.6. The van der Waals surface area contributed by atoms with Crippen LogP contribution in [-0.4, -0.2) is 60.9 Å². The van der Waals surface area contributed by atoms with Gasteiger partial charge in [0, 0.05) is 37.7 Å². The Morgan fingerprint density at radius 1 is 0.815 bits per heavy atom. The number of halogens is 4. The van der Waals surface area contributed by atoms with Crippen molar-refractivity contribution in [1.82, 2.24) is 5.32 Å². The highest BCUT2D eigenvalue weighted by atomic mass is 79.9. The Morgan fingerprint density at radius 2 is 1.37 bits per heavy atom. The Hall–Kier alpha value is -2.72. The van der Waals surface area contributed by atoms with Crippen molar-refractivity contribution in [3.63, 3.8) is 0 Å². The molecule has 0 aromatic heterocycles. The molecule has 0 aliphatic carbocycles. The first kappa shape index (κ1) is 39.5. The molecule has 4 aromatic rings. The maximum atomic E-state index is 15.8. The van der Waals surface area contributed by atoms with E-state index in [4.69, 9.17) is 29.7 Å². The van der Waals surface area contributed by atoms with E-state index in [2.05, 4.69) is 37.2 Å². The van der Waals surface area contributed by atoms with Gasteiger partial charge in [0.15, 0.2) is 5.17 Å². The molecule has 2 saturated heterocycles. The minimum atomic E-state index is -1.41. The van der Waals surface area contributed by atoms with Crippen molar-refractivity contribution in [2.45, 2.75) is 55.6 Å². The number of hydrogen-bond acceptors (Lipinski definition) is 9. The maximum absolute atomic E-state index is 15.8. The first-order valence-electron chi connectivity index (χ1n) is 18.0.